The number of nitrogens with zero attached hydrogens (tertiary/aromatic N) is 1. The maximum absolute atomic E-state index is 12.4. The topological polar surface area (TPSA) is 50.8 Å². The van der Waals surface area contributed by atoms with E-state index in [1.165, 1.54) is 25.9 Å². The van der Waals surface area contributed by atoms with Gasteiger partial charge >= 0.3 is 0 Å². The summed E-state index contributed by atoms with van der Waals surface area (Å²) >= 11 is 0. The first-order valence-electron chi connectivity index (χ1n) is 9.78. The van der Waals surface area contributed by atoms with Crippen molar-refractivity contribution in [3.63, 3.8) is 0 Å². The molecule has 146 valence electrons. The highest BCUT2D eigenvalue weighted by Crippen LogP contribution is 2.21. The molecule has 1 aromatic carbocycles. The number of anilines is 1. The largest absolute Gasteiger partial charge is 0.492 e. The first-order valence-corrected chi connectivity index (χ1v) is 9.78. The van der Waals surface area contributed by atoms with Crippen LogP contribution in [0.15, 0.2) is 24.3 Å². The highest BCUT2D eigenvalue weighted by molar-refractivity contribution is 5.97. The Bertz CT molecular complexity index is 553. The Labute approximate surface area is 158 Å². The molecule has 1 aromatic rings. The number of hydrogen-bond donors (Lipinski definition) is 1. The van der Waals surface area contributed by atoms with Crippen LogP contribution in [-0.2, 0) is 9.53 Å². The molecule has 0 spiro atoms. The maximum Gasteiger partial charge on any atom is 0.256 e. The van der Waals surface area contributed by atoms with Gasteiger partial charge in [0.2, 0.25) is 0 Å². The average molecular weight is 363 g/mol. The fourth-order valence-electron chi connectivity index (χ4n) is 3.26. The third-order valence-electron chi connectivity index (χ3n) is 5.32. The summed E-state index contributed by atoms with van der Waals surface area (Å²) in [7, 11) is 1.58. The summed E-state index contributed by atoms with van der Waals surface area (Å²) in [5.74, 6) is 1.57. The summed E-state index contributed by atoms with van der Waals surface area (Å²) in [5.41, 5.74) is -0.0395. The Hall–Kier alpha value is -1.59. The fourth-order valence-corrected chi connectivity index (χ4v) is 3.26. The van der Waals surface area contributed by atoms with Crippen LogP contribution in [0.25, 0.3) is 0 Å². The molecule has 0 aliphatic carbocycles. The minimum atomic E-state index is -0.796. The molecule has 1 atom stereocenters. The van der Waals surface area contributed by atoms with Gasteiger partial charge in [0.1, 0.15) is 18.0 Å². The second-order valence-electron chi connectivity index (χ2n) is 7.54. The van der Waals surface area contributed by atoms with Crippen LogP contribution in [0.2, 0.25) is 0 Å². The molecule has 0 bridgehead atoms. The van der Waals surface area contributed by atoms with E-state index in [-0.39, 0.29) is 5.91 Å². The van der Waals surface area contributed by atoms with Gasteiger partial charge in [0.25, 0.3) is 5.91 Å². The first kappa shape index (κ1) is 20.7. The average Bonchev–Trinajstić information content (AvgIpc) is 2.65. The Kier molecular flexibility index (Phi) is 7.91. The summed E-state index contributed by atoms with van der Waals surface area (Å²) in [4.78, 5) is 14.9. The molecular formula is C21H34N2O3. The first-order chi connectivity index (χ1) is 12.5. The van der Waals surface area contributed by atoms with E-state index in [4.69, 9.17) is 9.47 Å². The number of methoxy groups -OCH3 is 1. The molecule has 5 heteroatoms. The van der Waals surface area contributed by atoms with Crippen molar-refractivity contribution < 1.29 is 14.3 Å². The number of likely N-dealkylation sites (tertiary alicyclic amines) is 1. The molecule has 2 rings (SSSR count). The molecule has 1 fully saturated rings. The molecule has 1 aliphatic heterocycles. The summed E-state index contributed by atoms with van der Waals surface area (Å²) < 4.78 is 11.3. The van der Waals surface area contributed by atoms with E-state index in [0.29, 0.717) is 13.0 Å². The SMILES string of the molecule is CCC[C@@](C)(OC)C(=O)Nc1ccc(OCCN2CCC(C)CC2)cc1. The Morgan fingerprint density at radius 3 is 2.50 bits per heavy atom. The second-order valence-corrected chi connectivity index (χ2v) is 7.54. The molecule has 5 nitrogen and oxygen atoms in total. The highest BCUT2D eigenvalue weighted by atomic mass is 16.5. The molecule has 0 saturated carbocycles. The Morgan fingerprint density at radius 2 is 1.92 bits per heavy atom. The predicted molar refractivity (Wildman–Crippen MR) is 106 cm³/mol. The van der Waals surface area contributed by atoms with Gasteiger partial charge in [-0.2, -0.15) is 0 Å². The number of ether oxygens (including phenoxy) is 2. The van der Waals surface area contributed by atoms with Crippen molar-refractivity contribution in [2.75, 3.05) is 38.7 Å². The van der Waals surface area contributed by atoms with Crippen molar-refractivity contribution in [1.29, 1.82) is 0 Å². The number of benzene rings is 1. The Morgan fingerprint density at radius 1 is 1.27 bits per heavy atom. The van der Waals surface area contributed by atoms with E-state index in [9.17, 15) is 4.79 Å². The summed E-state index contributed by atoms with van der Waals surface area (Å²) in [6, 6.07) is 7.55. The third-order valence-corrected chi connectivity index (χ3v) is 5.32. The second kappa shape index (κ2) is 9.93. The van der Waals surface area contributed by atoms with E-state index in [0.717, 1.165) is 30.3 Å². The number of carbonyl (C=O) groups is 1. The zero-order valence-electron chi connectivity index (χ0n) is 16.7. The van der Waals surface area contributed by atoms with Crippen LogP contribution in [0.4, 0.5) is 5.69 Å². The van der Waals surface area contributed by atoms with Crippen molar-refractivity contribution >= 4 is 11.6 Å². The molecule has 0 radical (unpaired) electrons. The molecular weight excluding hydrogens is 328 g/mol. The monoisotopic (exact) mass is 362 g/mol. The summed E-state index contributed by atoms with van der Waals surface area (Å²) in [6.45, 7) is 10.2. The van der Waals surface area contributed by atoms with Crippen LogP contribution < -0.4 is 10.1 Å². The van der Waals surface area contributed by atoms with Crippen molar-refractivity contribution in [1.82, 2.24) is 4.90 Å². The number of amides is 1. The van der Waals surface area contributed by atoms with E-state index >= 15 is 0 Å². The van der Waals surface area contributed by atoms with Gasteiger partial charge in [-0.3, -0.25) is 9.69 Å². The van der Waals surface area contributed by atoms with Gasteiger partial charge in [0, 0.05) is 19.3 Å². The standard InChI is InChI=1S/C21H34N2O3/c1-5-12-21(3,25-4)20(24)22-18-6-8-19(9-7-18)26-16-15-23-13-10-17(2)11-14-23/h6-9,17H,5,10-16H2,1-4H3,(H,22,24)/t21-/m1/s1. The molecule has 1 heterocycles. The fraction of sp³-hybridized carbons (Fsp3) is 0.667. The summed E-state index contributed by atoms with van der Waals surface area (Å²) in [6.07, 6.45) is 4.14. The van der Waals surface area contributed by atoms with Gasteiger partial charge in [0.05, 0.1) is 0 Å². The van der Waals surface area contributed by atoms with Crippen molar-refractivity contribution in [3.8, 4) is 5.75 Å². The minimum Gasteiger partial charge on any atom is -0.492 e. The van der Waals surface area contributed by atoms with Crippen molar-refractivity contribution in [2.24, 2.45) is 5.92 Å². The van der Waals surface area contributed by atoms with Crippen LogP contribution >= 0.6 is 0 Å². The van der Waals surface area contributed by atoms with Gasteiger partial charge in [0.15, 0.2) is 0 Å². The molecule has 1 aliphatic rings. The molecule has 0 unspecified atom stereocenters. The van der Waals surface area contributed by atoms with Crippen molar-refractivity contribution in [3.05, 3.63) is 24.3 Å². The number of carbonyl (C=O) groups excluding carboxylic acids is 1. The normalized spacial score (nSPS) is 18.3. The molecule has 1 N–H and O–H groups in total. The lowest BCUT2D eigenvalue weighted by molar-refractivity contribution is -0.136. The van der Waals surface area contributed by atoms with E-state index < -0.39 is 5.60 Å². The number of nitrogens with one attached hydrogen (secondary N) is 1. The number of piperidine rings is 1. The van der Waals surface area contributed by atoms with Gasteiger partial charge in [-0.25, -0.2) is 0 Å². The van der Waals surface area contributed by atoms with Gasteiger partial charge in [-0.1, -0.05) is 20.3 Å². The zero-order valence-corrected chi connectivity index (χ0v) is 16.7. The molecule has 1 amide bonds. The smallest absolute Gasteiger partial charge is 0.256 e. The Balaban J connectivity index is 1.78. The quantitative estimate of drug-likeness (QED) is 0.723. The van der Waals surface area contributed by atoms with Crippen LogP contribution in [-0.4, -0.2) is 49.8 Å². The van der Waals surface area contributed by atoms with Crippen LogP contribution in [0, 0.1) is 5.92 Å². The van der Waals surface area contributed by atoms with Crippen LogP contribution in [0.1, 0.15) is 46.5 Å². The number of hydrogen-bond acceptors (Lipinski definition) is 4. The van der Waals surface area contributed by atoms with Crippen molar-refractivity contribution in [2.45, 2.75) is 52.1 Å². The van der Waals surface area contributed by atoms with E-state index in [1.54, 1.807) is 7.11 Å². The van der Waals surface area contributed by atoms with Crippen LogP contribution in [0.5, 0.6) is 5.75 Å². The third kappa shape index (κ3) is 5.99. The lowest BCUT2D eigenvalue weighted by Crippen LogP contribution is -2.41. The van der Waals surface area contributed by atoms with Gasteiger partial charge in [-0.05, 0) is 69.5 Å². The number of rotatable bonds is 9. The molecule has 1 saturated heterocycles. The summed E-state index contributed by atoms with van der Waals surface area (Å²) in [5, 5.41) is 2.93. The van der Waals surface area contributed by atoms with Crippen LogP contribution in [0.3, 0.4) is 0 Å². The zero-order chi connectivity index (χ0) is 19.0. The lowest BCUT2D eigenvalue weighted by atomic mass is 9.99. The molecule has 0 aromatic heterocycles. The minimum absolute atomic E-state index is 0.116. The predicted octanol–water partition coefficient (Wildman–Crippen LogP) is 3.94. The van der Waals surface area contributed by atoms with Gasteiger partial charge in [-0.15, -0.1) is 0 Å². The van der Waals surface area contributed by atoms with E-state index in [2.05, 4.69) is 17.1 Å². The maximum atomic E-state index is 12.4. The molecule has 26 heavy (non-hydrogen) atoms. The lowest BCUT2D eigenvalue weighted by Gasteiger charge is -2.29. The van der Waals surface area contributed by atoms with Gasteiger partial charge < -0.3 is 14.8 Å². The highest BCUT2D eigenvalue weighted by Gasteiger charge is 2.32. The van der Waals surface area contributed by atoms with E-state index in [1.807, 2.05) is 38.1 Å².